The third kappa shape index (κ3) is 6.38. The molecule has 14 heteroatoms. The molecule has 11 nitrogen and oxygen atoms in total. The maximum Gasteiger partial charge on any atom is 0.573 e. The van der Waals surface area contributed by atoms with E-state index in [9.17, 15) is 27.6 Å². The molecule has 0 atom stereocenters. The Kier molecular flexibility index (Phi) is 7.50. The quantitative estimate of drug-likeness (QED) is 0.350. The molecule has 38 heavy (non-hydrogen) atoms. The summed E-state index contributed by atoms with van der Waals surface area (Å²) < 4.78 is 52.2. The molecule has 3 amide bonds. The van der Waals surface area contributed by atoms with E-state index < -0.39 is 35.4 Å². The molecule has 1 aromatic heterocycles. The number of aromatic nitrogens is 2. The molecule has 1 fully saturated rings. The summed E-state index contributed by atoms with van der Waals surface area (Å²) >= 11 is 0. The average molecular weight is 533 g/mol. The van der Waals surface area contributed by atoms with Gasteiger partial charge in [0.1, 0.15) is 12.0 Å². The van der Waals surface area contributed by atoms with E-state index in [-0.39, 0.29) is 30.6 Å². The van der Waals surface area contributed by atoms with Crippen LogP contribution >= 0.6 is 0 Å². The van der Waals surface area contributed by atoms with Crippen LogP contribution in [0.1, 0.15) is 25.7 Å². The summed E-state index contributed by atoms with van der Waals surface area (Å²) in [5.74, 6) is -1.26. The molecule has 0 spiro atoms. The van der Waals surface area contributed by atoms with Gasteiger partial charge in [-0.1, -0.05) is 12.1 Å². The zero-order valence-corrected chi connectivity index (χ0v) is 19.9. The number of nitrogens with zero attached hydrogens (tertiary/aromatic N) is 2. The highest BCUT2D eigenvalue weighted by Crippen LogP contribution is 2.48. The van der Waals surface area contributed by atoms with Crippen molar-refractivity contribution in [2.45, 2.75) is 31.5 Å². The number of rotatable bonds is 9. The molecule has 0 radical (unpaired) electrons. The molecule has 0 bridgehead atoms. The second-order valence-corrected chi connectivity index (χ2v) is 8.18. The highest BCUT2D eigenvalue weighted by Gasteiger charge is 2.56. The van der Waals surface area contributed by atoms with Crippen LogP contribution in [0, 0.1) is 0 Å². The highest BCUT2D eigenvalue weighted by atomic mass is 19.4. The predicted octanol–water partition coefficient (Wildman–Crippen LogP) is 3.99. The number of carbonyl (C=O) groups is 3. The van der Waals surface area contributed by atoms with E-state index in [4.69, 9.17) is 9.15 Å². The van der Waals surface area contributed by atoms with Gasteiger partial charge in [-0.05, 0) is 56.2 Å². The molecule has 1 heterocycles. The predicted molar refractivity (Wildman–Crippen MR) is 126 cm³/mol. The Morgan fingerprint density at radius 3 is 2.39 bits per heavy atom. The number of esters is 1. The van der Waals surface area contributed by atoms with Crippen LogP contribution in [0.5, 0.6) is 5.75 Å². The van der Waals surface area contributed by atoms with Crippen molar-refractivity contribution in [2.24, 2.45) is 0 Å². The van der Waals surface area contributed by atoms with E-state index in [1.165, 1.54) is 30.3 Å². The van der Waals surface area contributed by atoms with E-state index in [1.807, 2.05) is 0 Å². The van der Waals surface area contributed by atoms with Crippen LogP contribution in [0.15, 0.2) is 52.9 Å². The molecule has 2 aromatic carbocycles. The first-order chi connectivity index (χ1) is 18.1. The third-order valence-corrected chi connectivity index (χ3v) is 5.47. The van der Waals surface area contributed by atoms with Gasteiger partial charge in [0.15, 0.2) is 5.75 Å². The average Bonchev–Trinajstić information content (AvgIpc) is 3.53. The van der Waals surface area contributed by atoms with Crippen molar-refractivity contribution in [3.8, 4) is 17.2 Å². The minimum atomic E-state index is -4.91. The first-order valence-corrected chi connectivity index (χ1v) is 11.4. The van der Waals surface area contributed by atoms with Crippen molar-refractivity contribution < 1.29 is 41.4 Å². The van der Waals surface area contributed by atoms with Gasteiger partial charge >= 0.3 is 18.4 Å². The smallest absolute Gasteiger partial charge is 0.465 e. The summed E-state index contributed by atoms with van der Waals surface area (Å²) in [5, 5.41) is 15.3. The second-order valence-electron chi connectivity index (χ2n) is 8.18. The molecule has 3 N–H and O–H groups in total. The largest absolute Gasteiger partial charge is 0.573 e. The van der Waals surface area contributed by atoms with Crippen LogP contribution in [0.3, 0.4) is 0 Å². The topological polar surface area (TPSA) is 145 Å². The van der Waals surface area contributed by atoms with Crippen LogP contribution in [0.25, 0.3) is 11.5 Å². The fourth-order valence-electron chi connectivity index (χ4n) is 3.49. The number of benzene rings is 2. The van der Waals surface area contributed by atoms with Crippen molar-refractivity contribution in [3.05, 3.63) is 54.4 Å². The molecule has 1 aliphatic rings. The summed E-state index contributed by atoms with van der Waals surface area (Å²) in [4.78, 5) is 36.4. The molecule has 0 unspecified atom stereocenters. The lowest BCUT2D eigenvalue weighted by molar-refractivity contribution is -0.274. The minimum Gasteiger partial charge on any atom is -0.465 e. The van der Waals surface area contributed by atoms with Gasteiger partial charge in [0.2, 0.25) is 17.7 Å². The molecule has 0 aliphatic heterocycles. The van der Waals surface area contributed by atoms with Crippen molar-refractivity contribution in [3.63, 3.8) is 0 Å². The summed E-state index contributed by atoms with van der Waals surface area (Å²) in [7, 11) is 0. The van der Waals surface area contributed by atoms with Gasteiger partial charge in [0, 0.05) is 11.3 Å². The number of carbonyl (C=O) groups excluding carboxylic acids is 3. The molecule has 3 aromatic rings. The number of hydrogen-bond acceptors (Lipinski definition) is 8. The van der Waals surface area contributed by atoms with Crippen LogP contribution in [-0.4, -0.2) is 47.6 Å². The SMILES string of the molecule is CCOC(=O)CNC(=O)C1(c2nnc(-c3ccc(NC(=O)Nc4ccccc4OC(F)(F)F)cc3)o2)CC1. The fraction of sp³-hybridized carbons (Fsp3) is 0.292. The Morgan fingerprint density at radius 2 is 1.74 bits per heavy atom. The van der Waals surface area contributed by atoms with Gasteiger partial charge in [-0.2, -0.15) is 0 Å². The Hall–Kier alpha value is -4.62. The van der Waals surface area contributed by atoms with Gasteiger partial charge in [-0.3, -0.25) is 9.59 Å². The summed E-state index contributed by atoms with van der Waals surface area (Å²) in [6, 6.07) is 10.5. The standard InChI is InChI=1S/C24H22F3N5O6/c1-2-36-18(33)13-28-20(34)23(11-12-23)21-32-31-19(37-21)14-7-9-15(10-8-14)29-22(35)30-16-5-3-4-6-17(16)38-24(25,26)27/h3-10H,2,11-13H2,1H3,(H,28,34)(H2,29,30,35). The Labute approximate surface area is 213 Å². The molecular formula is C24H22F3N5O6. The first kappa shape index (κ1) is 26.4. The van der Waals surface area contributed by atoms with E-state index in [0.717, 1.165) is 6.07 Å². The van der Waals surface area contributed by atoms with Gasteiger partial charge in [-0.15, -0.1) is 23.4 Å². The van der Waals surface area contributed by atoms with Gasteiger partial charge < -0.3 is 29.8 Å². The lowest BCUT2D eigenvalue weighted by atomic mass is 10.1. The number of alkyl halides is 3. The lowest BCUT2D eigenvalue weighted by Crippen LogP contribution is -2.38. The van der Waals surface area contributed by atoms with E-state index in [0.29, 0.717) is 24.1 Å². The molecule has 1 saturated carbocycles. The number of urea groups is 1. The van der Waals surface area contributed by atoms with Gasteiger partial charge in [-0.25, -0.2) is 4.79 Å². The number of amides is 3. The maximum absolute atomic E-state index is 12.6. The number of halogens is 3. The highest BCUT2D eigenvalue weighted by molar-refractivity contribution is 6.00. The van der Waals surface area contributed by atoms with Crippen molar-refractivity contribution in [1.29, 1.82) is 0 Å². The number of anilines is 2. The number of ether oxygens (including phenoxy) is 2. The van der Waals surface area contributed by atoms with E-state index in [2.05, 4.69) is 30.9 Å². The zero-order chi connectivity index (χ0) is 27.3. The van der Waals surface area contributed by atoms with Crippen molar-refractivity contribution in [2.75, 3.05) is 23.8 Å². The molecule has 1 aliphatic carbocycles. The van der Waals surface area contributed by atoms with Crippen molar-refractivity contribution >= 4 is 29.3 Å². The molecule has 4 rings (SSSR count). The van der Waals surface area contributed by atoms with Crippen LogP contribution in [0.2, 0.25) is 0 Å². The van der Waals surface area contributed by atoms with Gasteiger partial charge in [0.25, 0.3) is 0 Å². The lowest BCUT2D eigenvalue weighted by Gasteiger charge is -2.14. The van der Waals surface area contributed by atoms with Crippen LogP contribution in [0.4, 0.5) is 29.3 Å². The Bertz CT molecular complexity index is 1320. The second kappa shape index (κ2) is 10.8. The zero-order valence-electron chi connectivity index (χ0n) is 19.9. The normalized spacial score (nSPS) is 13.8. The summed E-state index contributed by atoms with van der Waals surface area (Å²) in [6.45, 7) is 1.60. The van der Waals surface area contributed by atoms with E-state index in [1.54, 1.807) is 19.1 Å². The van der Waals surface area contributed by atoms with E-state index >= 15 is 0 Å². The van der Waals surface area contributed by atoms with Gasteiger partial charge in [0.05, 0.1) is 12.3 Å². The first-order valence-electron chi connectivity index (χ1n) is 11.4. The number of hydrogen-bond donors (Lipinski definition) is 3. The Balaban J connectivity index is 1.37. The number of nitrogens with one attached hydrogen (secondary N) is 3. The molecule has 200 valence electrons. The van der Waals surface area contributed by atoms with Crippen LogP contribution in [-0.2, 0) is 19.7 Å². The molecule has 0 saturated heterocycles. The summed E-state index contributed by atoms with van der Waals surface area (Å²) in [6.07, 6.45) is -3.94. The fourth-order valence-corrected chi connectivity index (χ4v) is 3.49. The van der Waals surface area contributed by atoms with Crippen molar-refractivity contribution in [1.82, 2.24) is 15.5 Å². The minimum absolute atomic E-state index is 0.121. The Morgan fingerprint density at radius 1 is 1.03 bits per heavy atom. The number of para-hydroxylation sites is 2. The van der Waals surface area contributed by atoms with Crippen LogP contribution < -0.4 is 20.7 Å². The maximum atomic E-state index is 12.6. The summed E-state index contributed by atoms with van der Waals surface area (Å²) in [5.41, 5.74) is -0.333. The third-order valence-electron chi connectivity index (χ3n) is 5.47. The molecular weight excluding hydrogens is 511 g/mol. The monoisotopic (exact) mass is 533 g/mol.